The number of hydrogen-bond acceptors (Lipinski definition) is 1. The molecule has 0 aromatic rings. The Hall–Kier alpha value is -0.330. The largest absolute Gasteiger partial charge is 0.300 e. The van der Waals surface area contributed by atoms with E-state index in [1.165, 1.54) is 12.8 Å². The molecule has 0 aliphatic rings. The second kappa shape index (κ2) is 5.45. The van der Waals surface area contributed by atoms with Crippen molar-refractivity contribution in [3.05, 3.63) is 0 Å². The summed E-state index contributed by atoms with van der Waals surface area (Å²) in [4.78, 5) is 10.7. The van der Waals surface area contributed by atoms with Gasteiger partial charge in [0.15, 0.2) is 0 Å². The average Bonchev–Trinajstić information content (AvgIpc) is 1.86. The smallest absolute Gasteiger partial charge is 0.130 e. The average molecular weight is 142 g/mol. The third-order valence-corrected chi connectivity index (χ3v) is 1.85. The minimum Gasteiger partial charge on any atom is -0.300 e. The van der Waals surface area contributed by atoms with Gasteiger partial charge in [-0.25, -0.2) is 0 Å². The summed E-state index contributed by atoms with van der Waals surface area (Å²) in [6.45, 7) is 6.00. The number of rotatable bonds is 5. The van der Waals surface area contributed by atoms with E-state index in [2.05, 4.69) is 13.8 Å². The van der Waals surface area contributed by atoms with E-state index in [4.69, 9.17) is 0 Å². The van der Waals surface area contributed by atoms with Crippen LogP contribution in [-0.4, -0.2) is 5.78 Å². The summed E-state index contributed by atoms with van der Waals surface area (Å²) in [5.74, 6) is 0.975. The maximum absolute atomic E-state index is 10.7. The molecule has 10 heavy (non-hydrogen) atoms. The Morgan fingerprint density at radius 2 is 2.00 bits per heavy atom. The SMILES string of the molecule is CCC[C@H](CC)CC(C)=O. The van der Waals surface area contributed by atoms with Crippen molar-refractivity contribution in [3.63, 3.8) is 0 Å². The summed E-state index contributed by atoms with van der Waals surface area (Å²) in [5.41, 5.74) is 0. The van der Waals surface area contributed by atoms with Crippen molar-refractivity contribution in [2.24, 2.45) is 5.92 Å². The van der Waals surface area contributed by atoms with Crippen LogP contribution in [0.15, 0.2) is 0 Å². The maximum atomic E-state index is 10.7. The molecule has 1 atom stereocenters. The van der Waals surface area contributed by atoms with E-state index in [-0.39, 0.29) is 0 Å². The standard InChI is InChI=1S/C9H18O/c1-4-6-9(5-2)7-8(3)10/h9H,4-7H2,1-3H3/t9-/m0/s1. The fourth-order valence-electron chi connectivity index (χ4n) is 1.27. The summed E-state index contributed by atoms with van der Waals surface area (Å²) in [6.07, 6.45) is 4.33. The topological polar surface area (TPSA) is 17.1 Å². The van der Waals surface area contributed by atoms with E-state index in [0.717, 1.165) is 12.8 Å². The molecule has 0 amide bonds. The van der Waals surface area contributed by atoms with E-state index < -0.39 is 0 Å². The highest BCUT2D eigenvalue weighted by molar-refractivity contribution is 5.75. The summed E-state index contributed by atoms with van der Waals surface area (Å²) in [6, 6.07) is 0. The molecule has 0 fully saturated rings. The molecule has 60 valence electrons. The van der Waals surface area contributed by atoms with Crippen molar-refractivity contribution in [1.29, 1.82) is 0 Å². The zero-order valence-electron chi connectivity index (χ0n) is 7.31. The molecule has 0 saturated heterocycles. The van der Waals surface area contributed by atoms with Crippen molar-refractivity contribution < 1.29 is 4.79 Å². The quantitative estimate of drug-likeness (QED) is 0.577. The van der Waals surface area contributed by atoms with Gasteiger partial charge in [0.05, 0.1) is 0 Å². The van der Waals surface area contributed by atoms with Crippen LogP contribution in [0.25, 0.3) is 0 Å². The lowest BCUT2D eigenvalue weighted by molar-refractivity contribution is -0.117. The van der Waals surface area contributed by atoms with Crippen molar-refractivity contribution >= 4 is 5.78 Å². The van der Waals surface area contributed by atoms with Crippen LogP contribution in [0, 0.1) is 5.92 Å². The van der Waals surface area contributed by atoms with Gasteiger partial charge >= 0.3 is 0 Å². The highest BCUT2D eigenvalue weighted by Crippen LogP contribution is 2.14. The summed E-state index contributed by atoms with van der Waals surface area (Å²) >= 11 is 0. The van der Waals surface area contributed by atoms with Crippen molar-refractivity contribution in [3.8, 4) is 0 Å². The molecule has 0 N–H and O–H groups in total. The maximum Gasteiger partial charge on any atom is 0.130 e. The van der Waals surface area contributed by atoms with Crippen LogP contribution in [0.3, 0.4) is 0 Å². The monoisotopic (exact) mass is 142 g/mol. The van der Waals surface area contributed by atoms with Crippen LogP contribution in [0.2, 0.25) is 0 Å². The fraction of sp³-hybridized carbons (Fsp3) is 0.889. The summed E-state index contributed by atoms with van der Waals surface area (Å²) < 4.78 is 0. The van der Waals surface area contributed by atoms with Gasteiger partial charge in [0, 0.05) is 6.42 Å². The number of carbonyl (C=O) groups is 1. The van der Waals surface area contributed by atoms with Crippen LogP contribution in [-0.2, 0) is 4.79 Å². The van der Waals surface area contributed by atoms with Gasteiger partial charge in [-0.2, -0.15) is 0 Å². The first-order valence-electron chi connectivity index (χ1n) is 4.20. The molecule has 0 aromatic carbocycles. The molecule has 1 heteroatoms. The van der Waals surface area contributed by atoms with Crippen molar-refractivity contribution in [1.82, 2.24) is 0 Å². The van der Waals surface area contributed by atoms with Gasteiger partial charge < -0.3 is 4.79 Å². The Morgan fingerprint density at radius 3 is 2.30 bits per heavy atom. The van der Waals surface area contributed by atoms with E-state index in [9.17, 15) is 4.79 Å². The molecule has 0 aromatic heterocycles. The Labute approximate surface area is 63.8 Å². The molecule has 0 radical (unpaired) electrons. The molecule has 0 heterocycles. The Kier molecular flexibility index (Phi) is 5.27. The Morgan fingerprint density at radius 1 is 1.40 bits per heavy atom. The van der Waals surface area contributed by atoms with E-state index in [0.29, 0.717) is 11.7 Å². The predicted octanol–water partition coefficient (Wildman–Crippen LogP) is 2.79. The zero-order chi connectivity index (χ0) is 7.98. The highest BCUT2D eigenvalue weighted by atomic mass is 16.1. The molecular weight excluding hydrogens is 124 g/mol. The van der Waals surface area contributed by atoms with Gasteiger partial charge in [-0.05, 0) is 12.8 Å². The Balaban J connectivity index is 3.49. The minimum absolute atomic E-state index is 0.334. The number of hydrogen-bond donors (Lipinski definition) is 0. The van der Waals surface area contributed by atoms with E-state index in [1.807, 2.05) is 0 Å². The van der Waals surface area contributed by atoms with Crippen molar-refractivity contribution in [2.75, 3.05) is 0 Å². The van der Waals surface area contributed by atoms with Crippen LogP contribution in [0.5, 0.6) is 0 Å². The number of ketones is 1. The first-order valence-corrected chi connectivity index (χ1v) is 4.20. The third-order valence-electron chi connectivity index (χ3n) is 1.85. The number of carbonyl (C=O) groups excluding carboxylic acids is 1. The summed E-state index contributed by atoms with van der Waals surface area (Å²) in [7, 11) is 0. The van der Waals surface area contributed by atoms with E-state index in [1.54, 1.807) is 6.92 Å². The lowest BCUT2D eigenvalue weighted by Crippen LogP contribution is -2.03. The summed E-state index contributed by atoms with van der Waals surface area (Å²) in [5, 5.41) is 0. The lowest BCUT2D eigenvalue weighted by Gasteiger charge is -2.10. The Bertz CT molecular complexity index is 96.9. The second-order valence-corrected chi connectivity index (χ2v) is 2.97. The van der Waals surface area contributed by atoms with Crippen molar-refractivity contribution in [2.45, 2.75) is 46.5 Å². The molecule has 0 rings (SSSR count). The fourth-order valence-corrected chi connectivity index (χ4v) is 1.27. The lowest BCUT2D eigenvalue weighted by atomic mass is 9.95. The molecule has 0 bridgehead atoms. The third kappa shape index (κ3) is 4.54. The molecule has 0 saturated carbocycles. The first kappa shape index (κ1) is 9.67. The van der Waals surface area contributed by atoms with Gasteiger partial charge in [-0.3, -0.25) is 0 Å². The van der Waals surface area contributed by atoms with Crippen LogP contribution >= 0.6 is 0 Å². The molecule has 0 aliphatic carbocycles. The zero-order valence-corrected chi connectivity index (χ0v) is 7.31. The molecular formula is C9H18O. The predicted molar refractivity (Wildman–Crippen MR) is 44.0 cm³/mol. The highest BCUT2D eigenvalue weighted by Gasteiger charge is 2.06. The molecule has 0 aliphatic heterocycles. The normalized spacial score (nSPS) is 13.1. The van der Waals surface area contributed by atoms with Gasteiger partial charge in [-0.1, -0.05) is 33.1 Å². The molecule has 1 nitrogen and oxygen atoms in total. The van der Waals surface area contributed by atoms with Gasteiger partial charge in [0.25, 0.3) is 0 Å². The first-order chi connectivity index (χ1) is 4.70. The second-order valence-electron chi connectivity index (χ2n) is 2.97. The van der Waals surface area contributed by atoms with Gasteiger partial charge in [0.1, 0.15) is 5.78 Å². The van der Waals surface area contributed by atoms with Crippen LogP contribution < -0.4 is 0 Å². The van der Waals surface area contributed by atoms with E-state index >= 15 is 0 Å². The van der Waals surface area contributed by atoms with Gasteiger partial charge in [-0.15, -0.1) is 0 Å². The minimum atomic E-state index is 0.334. The molecule has 0 spiro atoms. The van der Waals surface area contributed by atoms with Crippen LogP contribution in [0.1, 0.15) is 46.5 Å². The number of Topliss-reactive ketones (excluding diaryl/α,β-unsaturated/α-hetero) is 1. The van der Waals surface area contributed by atoms with Crippen LogP contribution in [0.4, 0.5) is 0 Å². The van der Waals surface area contributed by atoms with Gasteiger partial charge in [0.2, 0.25) is 0 Å². The molecule has 0 unspecified atom stereocenters.